The molecule has 186 valence electrons. The van der Waals surface area contributed by atoms with Gasteiger partial charge < -0.3 is 10.2 Å². The van der Waals surface area contributed by atoms with E-state index in [0.29, 0.717) is 17.1 Å². The largest absolute Gasteiger partial charge is 0.354 e. The van der Waals surface area contributed by atoms with Crippen LogP contribution in [0.2, 0.25) is 15.1 Å². The molecule has 0 aliphatic rings. The summed E-state index contributed by atoms with van der Waals surface area (Å²) in [4.78, 5) is 27.6. The van der Waals surface area contributed by atoms with Crippen LogP contribution in [-0.4, -0.2) is 50.5 Å². The maximum Gasteiger partial charge on any atom is 0.244 e. The van der Waals surface area contributed by atoms with Crippen molar-refractivity contribution in [1.29, 1.82) is 0 Å². The first kappa shape index (κ1) is 28.2. The zero-order valence-electron chi connectivity index (χ0n) is 19.4. The van der Waals surface area contributed by atoms with Crippen LogP contribution in [0.4, 0.5) is 5.69 Å². The molecule has 7 nitrogen and oxygen atoms in total. The molecule has 0 bridgehead atoms. The number of rotatable bonds is 10. The summed E-state index contributed by atoms with van der Waals surface area (Å²) >= 11 is 18.4. The average Bonchev–Trinajstić information content (AvgIpc) is 2.74. The quantitative estimate of drug-likeness (QED) is 0.470. The normalized spacial score (nSPS) is 12.4. The molecule has 2 aromatic rings. The summed E-state index contributed by atoms with van der Waals surface area (Å²) in [5.41, 5.74) is 0.765. The maximum atomic E-state index is 13.5. The van der Waals surface area contributed by atoms with Crippen molar-refractivity contribution in [3.05, 3.63) is 63.1 Å². The molecule has 2 amide bonds. The van der Waals surface area contributed by atoms with Gasteiger partial charge in [0, 0.05) is 23.1 Å². The first-order chi connectivity index (χ1) is 15.8. The molecule has 34 heavy (non-hydrogen) atoms. The van der Waals surface area contributed by atoms with Crippen LogP contribution in [0, 0.1) is 5.92 Å². The Morgan fingerprint density at radius 1 is 1.00 bits per heavy atom. The number of carbonyl (C=O) groups is 2. The number of hydrogen-bond donors (Lipinski definition) is 1. The number of anilines is 1. The highest BCUT2D eigenvalue weighted by atomic mass is 35.5. The molecule has 1 N–H and O–H groups in total. The van der Waals surface area contributed by atoms with Crippen molar-refractivity contribution in [1.82, 2.24) is 10.2 Å². The second kappa shape index (κ2) is 12.1. The molecule has 1 atom stereocenters. The van der Waals surface area contributed by atoms with Crippen molar-refractivity contribution in [2.75, 3.05) is 23.7 Å². The molecule has 0 unspecified atom stereocenters. The Morgan fingerprint density at radius 3 is 2.24 bits per heavy atom. The number of hydrogen-bond acceptors (Lipinski definition) is 4. The summed E-state index contributed by atoms with van der Waals surface area (Å²) in [7, 11) is -3.91. The number of nitrogens with zero attached hydrogens (tertiary/aromatic N) is 2. The second-order valence-corrected chi connectivity index (χ2v) is 11.5. The zero-order chi connectivity index (χ0) is 25.6. The number of sulfonamides is 1. The van der Waals surface area contributed by atoms with Crippen molar-refractivity contribution < 1.29 is 18.0 Å². The van der Waals surface area contributed by atoms with Crippen LogP contribution in [0.1, 0.15) is 26.3 Å². The predicted molar refractivity (Wildman–Crippen MR) is 138 cm³/mol. The van der Waals surface area contributed by atoms with E-state index in [9.17, 15) is 18.0 Å². The molecule has 11 heteroatoms. The van der Waals surface area contributed by atoms with Gasteiger partial charge in [0.2, 0.25) is 21.8 Å². The molecule has 2 rings (SSSR count). The number of halogens is 3. The summed E-state index contributed by atoms with van der Waals surface area (Å²) in [6.07, 6.45) is 0.970. The minimum absolute atomic E-state index is 0.0521. The van der Waals surface area contributed by atoms with Gasteiger partial charge in [0.05, 0.1) is 17.0 Å². The summed E-state index contributed by atoms with van der Waals surface area (Å²) in [5.74, 6) is -0.719. The standard InChI is InChI=1S/C23H28Cl3N3O4S/c1-15(2)12-27-23(31)16(3)28(13-17-6-5-7-18(24)10-17)22(30)14-29(34(4,32)33)21-11-19(25)8-9-20(21)26/h5-11,15-16H,12-14H2,1-4H3,(H,27,31)/t16-/m1/s1. The van der Waals surface area contributed by atoms with Crippen LogP contribution < -0.4 is 9.62 Å². The van der Waals surface area contributed by atoms with Gasteiger partial charge in [-0.1, -0.05) is 60.8 Å². The number of amides is 2. The van der Waals surface area contributed by atoms with Gasteiger partial charge in [0.25, 0.3) is 0 Å². The van der Waals surface area contributed by atoms with Crippen LogP contribution in [0.5, 0.6) is 0 Å². The summed E-state index contributed by atoms with van der Waals surface area (Å²) in [6, 6.07) is 10.4. The van der Waals surface area contributed by atoms with E-state index >= 15 is 0 Å². The van der Waals surface area contributed by atoms with Gasteiger partial charge in [-0.05, 0) is 48.7 Å². The third-order valence-electron chi connectivity index (χ3n) is 4.95. The van der Waals surface area contributed by atoms with E-state index in [1.165, 1.54) is 23.1 Å². The third kappa shape index (κ3) is 8.05. The SMILES string of the molecule is CC(C)CNC(=O)[C@@H](C)N(Cc1cccc(Cl)c1)C(=O)CN(c1cc(Cl)ccc1Cl)S(C)(=O)=O. The molecule has 0 heterocycles. The van der Waals surface area contributed by atoms with E-state index < -0.39 is 28.5 Å². The van der Waals surface area contributed by atoms with Gasteiger partial charge in [-0.3, -0.25) is 13.9 Å². The van der Waals surface area contributed by atoms with Crippen molar-refractivity contribution in [3.63, 3.8) is 0 Å². The molecular weight excluding hydrogens is 521 g/mol. The van der Waals surface area contributed by atoms with Crippen LogP contribution in [0.3, 0.4) is 0 Å². The Morgan fingerprint density at radius 2 is 1.65 bits per heavy atom. The maximum absolute atomic E-state index is 13.5. The van der Waals surface area contributed by atoms with Crippen molar-refractivity contribution in [2.24, 2.45) is 5.92 Å². The molecule has 0 radical (unpaired) electrons. The molecule has 0 fully saturated rings. The Labute approximate surface area is 216 Å². The number of benzene rings is 2. The Bertz CT molecular complexity index is 1140. The molecule has 0 aromatic heterocycles. The lowest BCUT2D eigenvalue weighted by molar-refractivity contribution is -0.139. The summed E-state index contributed by atoms with van der Waals surface area (Å²) < 4.78 is 26.1. The van der Waals surface area contributed by atoms with E-state index in [1.54, 1.807) is 31.2 Å². The lowest BCUT2D eigenvalue weighted by Gasteiger charge is -2.32. The number of nitrogens with one attached hydrogen (secondary N) is 1. The van der Waals surface area contributed by atoms with Crippen molar-refractivity contribution >= 4 is 62.3 Å². The molecule has 2 aromatic carbocycles. The molecule has 0 saturated carbocycles. The van der Waals surface area contributed by atoms with Gasteiger partial charge in [0.1, 0.15) is 12.6 Å². The highest BCUT2D eigenvalue weighted by Gasteiger charge is 2.31. The van der Waals surface area contributed by atoms with Gasteiger partial charge in [-0.15, -0.1) is 0 Å². The highest BCUT2D eigenvalue weighted by Crippen LogP contribution is 2.31. The zero-order valence-corrected chi connectivity index (χ0v) is 22.5. The first-order valence-electron chi connectivity index (χ1n) is 10.5. The van der Waals surface area contributed by atoms with Crippen molar-refractivity contribution in [3.8, 4) is 0 Å². The second-order valence-electron chi connectivity index (χ2n) is 8.33. The topological polar surface area (TPSA) is 86.8 Å². The fraction of sp³-hybridized carbons (Fsp3) is 0.391. The van der Waals surface area contributed by atoms with Gasteiger partial charge in [-0.2, -0.15) is 0 Å². The fourth-order valence-corrected chi connectivity index (χ4v) is 4.64. The van der Waals surface area contributed by atoms with E-state index in [-0.39, 0.29) is 34.1 Å². The van der Waals surface area contributed by atoms with Crippen LogP contribution >= 0.6 is 34.8 Å². The lowest BCUT2D eigenvalue weighted by atomic mass is 10.1. The van der Waals surface area contributed by atoms with Crippen LogP contribution in [0.15, 0.2) is 42.5 Å². The van der Waals surface area contributed by atoms with E-state index in [1.807, 2.05) is 13.8 Å². The molecular formula is C23H28Cl3N3O4S. The smallest absolute Gasteiger partial charge is 0.244 e. The first-order valence-corrected chi connectivity index (χ1v) is 13.5. The molecule has 0 aliphatic heterocycles. The average molecular weight is 549 g/mol. The van der Waals surface area contributed by atoms with Crippen LogP contribution in [0.25, 0.3) is 0 Å². The van der Waals surface area contributed by atoms with Crippen molar-refractivity contribution in [2.45, 2.75) is 33.4 Å². The Kier molecular flexibility index (Phi) is 10.1. The minimum Gasteiger partial charge on any atom is -0.354 e. The van der Waals surface area contributed by atoms with Gasteiger partial charge in [-0.25, -0.2) is 8.42 Å². The Hall–Kier alpha value is -2.00. The van der Waals surface area contributed by atoms with E-state index in [4.69, 9.17) is 34.8 Å². The molecule has 0 saturated heterocycles. The number of carbonyl (C=O) groups excluding carboxylic acids is 2. The minimum atomic E-state index is -3.91. The molecule has 0 spiro atoms. The monoisotopic (exact) mass is 547 g/mol. The van der Waals surface area contributed by atoms with Crippen LogP contribution in [-0.2, 0) is 26.2 Å². The third-order valence-corrected chi connectivity index (χ3v) is 6.87. The Balaban J connectivity index is 2.41. The molecule has 0 aliphatic carbocycles. The van der Waals surface area contributed by atoms with E-state index in [2.05, 4.69) is 5.32 Å². The van der Waals surface area contributed by atoms with E-state index in [0.717, 1.165) is 10.6 Å². The predicted octanol–water partition coefficient (Wildman–Crippen LogP) is 4.60. The lowest BCUT2D eigenvalue weighted by Crippen LogP contribution is -2.51. The van der Waals surface area contributed by atoms with Gasteiger partial charge in [0.15, 0.2) is 0 Å². The summed E-state index contributed by atoms with van der Waals surface area (Å²) in [5, 5.41) is 3.67. The van der Waals surface area contributed by atoms with Gasteiger partial charge >= 0.3 is 0 Å². The highest BCUT2D eigenvalue weighted by molar-refractivity contribution is 7.92. The summed E-state index contributed by atoms with van der Waals surface area (Å²) in [6.45, 7) is 5.43. The fourth-order valence-electron chi connectivity index (χ4n) is 3.14.